The fourth-order valence-corrected chi connectivity index (χ4v) is 4.39. The Morgan fingerprint density at radius 3 is 2.44 bits per heavy atom. The number of methoxy groups -OCH3 is 2. The van der Waals surface area contributed by atoms with Gasteiger partial charge in [0.2, 0.25) is 5.75 Å². The van der Waals surface area contributed by atoms with Gasteiger partial charge in [0, 0.05) is 12.6 Å². The normalized spacial score (nSPS) is 15.6. The predicted octanol–water partition coefficient (Wildman–Crippen LogP) is 5.50. The first-order valence-corrected chi connectivity index (χ1v) is 11.0. The summed E-state index contributed by atoms with van der Waals surface area (Å²) >= 11 is 0. The van der Waals surface area contributed by atoms with Crippen molar-refractivity contribution in [3.05, 3.63) is 69.5 Å². The molecule has 0 amide bonds. The number of allylic oxidation sites excluding steroid dienone is 2. The second kappa shape index (κ2) is 11.1. The Bertz CT molecular complexity index is 951. The number of nitrogens with zero attached hydrogens (tertiary/aromatic N) is 2. The molecule has 0 bridgehead atoms. The molecule has 2 aromatic carbocycles. The van der Waals surface area contributed by atoms with Crippen LogP contribution in [-0.2, 0) is 6.42 Å². The molecule has 7 heteroatoms. The minimum absolute atomic E-state index is 0.0828. The minimum atomic E-state index is -0.424. The molecule has 6 nitrogen and oxygen atoms in total. The van der Waals surface area contributed by atoms with Gasteiger partial charge >= 0.3 is 5.69 Å². The van der Waals surface area contributed by atoms with Crippen molar-refractivity contribution in [1.82, 2.24) is 4.90 Å². The number of rotatable bonds is 9. The van der Waals surface area contributed by atoms with Crippen LogP contribution in [0.1, 0.15) is 37.3 Å². The van der Waals surface area contributed by atoms with E-state index in [4.69, 9.17) is 9.47 Å². The lowest BCUT2D eigenvalue weighted by Gasteiger charge is -2.33. The van der Waals surface area contributed by atoms with Gasteiger partial charge in [-0.3, -0.25) is 10.1 Å². The van der Waals surface area contributed by atoms with Crippen LogP contribution >= 0.6 is 0 Å². The number of hydrogen-bond acceptors (Lipinski definition) is 5. The molecule has 0 aliphatic carbocycles. The zero-order valence-corrected chi connectivity index (χ0v) is 19.0. The Morgan fingerprint density at radius 2 is 1.88 bits per heavy atom. The lowest BCUT2D eigenvalue weighted by molar-refractivity contribution is -0.385. The molecule has 1 aliphatic heterocycles. The van der Waals surface area contributed by atoms with Crippen molar-refractivity contribution in [3.8, 4) is 11.5 Å². The second-order valence-corrected chi connectivity index (χ2v) is 8.05. The highest BCUT2D eigenvalue weighted by atomic mass is 19.1. The van der Waals surface area contributed by atoms with Crippen LogP contribution in [0.5, 0.6) is 11.5 Å². The maximum atomic E-state index is 13.1. The number of ether oxygens (including phenoxy) is 2. The van der Waals surface area contributed by atoms with Crippen LogP contribution in [-0.4, -0.2) is 43.7 Å². The van der Waals surface area contributed by atoms with Crippen LogP contribution in [0.2, 0.25) is 0 Å². The number of nitro groups is 1. The van der Waals surface area contributed by atoms with E-state index in [-0.39, 0.29) is 17.3 Å². The fourth-order valence-electron chi connectivity index (χ4n) is 4.39. The molecule has 0 unspecified atom stereocenters. The van der Waals surface area contributed by atoms with Gasteiger partial charge in [-0.25, -0.2) is 4.39 Å². The molecule has 0 radical (unpaired) electrons. The van der Waals surface area contributed by atoms with Gasteiger partial charge in [-0.2, -0.15) is 0 Å². The number of hydrogen-bond donors (Lipinski definition) is 0. The van der Waals surface area contributed by atoms with Gasteiger partial charge in [0.15, 0.2) is 5.75 Å². The summed E-state index contributed by atoms with van der Waals surface area (Å²) in [6.45, 7) is 4.94. The molecule has 3 rings (SSSR count). The van der Waals surface area contributed by atoms with E-state index in [9.17, 15) is 14.5 Å². The molecular weight excluding hydrogens is 411 g/mol. The summed E-state index contributed by atoms with van der Waals surface area (Å²) in [5, 5.41) is 11.6. The number of halogens is 1. The Morgan fingerprint density at radius 1 is 1.19 bits per heavy atom. The van der Waals surface area contributed by atoms with E-state index in [0.717, 1.165) is 62.0 Å². The number of piperidine rings is 1. The van der Waals surface area contributed by atoms with Gasteiger partial charge in [-0.05, 0) is 79.6 Å². The molecule has 1 aliphatic rings. The molecule has 32 heavy (non-hydrogen) atoms. The molecule has 1 saturated heterocycles. The lowest BCUT2D eigenvalue weighted by Crippen LogP contribution is -2.35. The molecule has 0 spiro atoms. The molecule has 0 N–H and O–H groups in total. The monoisotopic (exact) mass is 442 g/mol. The standard InChI is InChI=1S/C25H31FN2O4/c1-4-5-22(20-16-23(28(29)30)25(32-3)24(17-20)31-2)19-11-14-27(15-12-19)13-10-18-6-8-21(26)9-7-18/h5-9,16-17,19H,4,10-15H2,1-3H3/b22-5-. The average Bonchev–Trinajstić information content (AvgIpc) is 2.81. The highest BCUT2D eigenvalue weighted by Gasteiger charge is 2.27. The third kappa shape index (κ3) is 5.65. The van der Waals surface area contributed by atoms with Crippen molar-refractivity contribution < 1.29 is 18.8 Å². The third-order valence-corrected chi connectivity index (χ3v) is 6.07. The summed E-state index contributed by atoms with van der Waals surface area (Å²) in [7, 11) is 2.91. The largest absolute Gasteiger partial charge is 0.493 e. The third-order valence-electron chi connectivity index (χ3n) is 6.07. The van der Waals surface area contributed by atoms with Crippen LogP contribution < -0.4 is 9.47 Å². The van der Waals surface area contributed by atoms with Crippen molar-refractivity contribution >= 4 is 11.3 Å². The summed E-state index contributed by atoms with van der Waals surface area (Å²) in [4.78, 5) is 13.6. The second-order valence-electron chi connectivity index (χ2n) is 8.05. The Kier molecular flexibility index (Phi) is 8.22. The lowest BCUT2D eigenvalue weighted by atomic mass is 9.84. The van der Waals surface area contributed by atoms with Crippen LogP contribution in [0.4, 0.5) is 10.1 Å². The Labute approximate surface area is 188 Å². The molecule has 0 saturated carbocycles. The minimum Gasteiger partial charge on any atom is -0.493 e. The first-order valence-electron chi connectivity index (χ1n) is 11.0. The topological polar surface area (TPSA) is 64.8 Å². The number of likely N-dealkylation sites (tertiary alicyclic amines) is 1. The van der Waals surface area contributed by atoms with E-state index in [1.165, 1.54) is 26.4 Å². The van der Waals surface area contributed by atoms with Crippen molar-refractivity contribution in [1.29, 1.82) is 0 Å². The van der Waals surface area contributed by atoms with Crippen LogP contribution in [0.15, 0.2) is 42.5 Å². The van der Waals surface area contributed by atoms with E-state index < -0.39 is 4.92 Å². The van der Waals surface area contributed by atoms with Crippen molar-refractivity contribution in [2.45, 2.75) is 32.6 Å². The number of nitro benzene ring substituents is 1. The van der Waals surface area contributed by atoms with Crippen molar-refractivity contribution in [3.63, 3.8) is 0 Å². The van der Waals surface area contributed by atoms with Gasteiger partial charge in [-0.15, -0.1) is 0 Å². The highest BCUT2D eigenvalue weighted by Crippen LogP contribution is 2.42. The van der Waals surface area contributed by atoms with E-state index >= 15 is 0 Å². The molecule has 0 aromatic heterocycles. The van der Waals surface area contributed by atoms with Gasteiger partial charge in [0.25, 0.3) is 0 Å². The SMILES string of the molecule is CC/C=C(\c1cc(OC)c(OC)c([N+](=O)[O-])c1)C1CCN(CCc2ccc(F)cc2)CC1. The zero-order valence-electron chi connectivity index (χ0n) is 19.0. The fraction of sp³-hybridized carbons (Fsp3) is 0.440. The number of benzene rings is 2. The van der Waals surface area contributed by atoms with E-state index in [1.54, 1.807) is 6.07 Å². The summed E-state index contributed by atoms with van der Waals surface area (Å²) in [6, 6.07) is 10.1. The molecule has 0 atom stereocenters. The van der Waals surface area contributed by atoms with Crippen molar-refractivity contribution in [2.75, 3.05) is 33.9 Å². The van der Waals surface area contributed by atoms with Gasteiger partial charge < -0.3 is 14.4 Å². The first-order chi connectivity index (χ1) is 15.5. The smallest absolute Gasteiger partial charge is 0.315 e. The van der Waals surface area contributed by atoms with Crippen LogP contribution in [0.25, 0.3) is 5.57 Å². The molecule has 1 fully saturated rings. The molecular formula is C25H31FN2O4. The summed E-state index contributed by atoms with van der Waals surface area (Å²) in [6.07, 6.45) is 5.88. The maximum Gasteiger partial charge on any atom is 0.315 e. The average molecular weight is 443 g/mol. The van der Waals surface area contributed by atoms with E-state index in [2.05, 4.69) is 17.9 Å². The van der Waals surface area contributed by atoms with Gasteiger partial charge in [0.05, 0.1) is 19.1 Å². The highest BCUT2D eigenvalue weighted by molar-refractivity contribution is 5.74. The Hall–Kier alpha value is -2.93. The quantitative estimate of drug-likeness (QED) is 0.379. The van der Waals surface area contributed by atoms with Crippen LogP contribution in [0, 0.1) is 21.8 Å². The van der Waals surface area contributed by atoms with E-state index in [0.29, 0.717) is 11.7 Å². The zero-order chi connectivity index (χ0) is 23.1. The summed E-state index contributed by atoms with van der Waals surface area (Å²) in [5.74, 6) is 0.637. The molecule has 2 aromatic rings. The molecule has 1 heterocycles. The Balaban J connectivity index is 1.72. The first kappa shape index (κ1) is 23.7. The predicted molar refractivity (Wildman–Crippen MR) is 124 cm³/mol. The van der Waals surface area contributed by atoms with Crippen molar-refractivity contribution in [2.24, 2.45) is 5.92 Å². The maximum absolute atomic E-state index is 13.1. The van der Waals surface area contributed by atoms with Gasteiger partial charge in [0.1, 0.15) is 5.82 Å². The van der Waals surface area contributed by atoms with Gasteiger partial charge in [-0.1, -0.05) is 25.1 Å². The summed E-state index contributed by atoms with van der Waals surface area (Å²) < 4.78 is 23.7. The summed E-state index contributed by atoms with van der Waals surface area (Å²) in [5.41, 5.74) is 3.01. The van der Waals surface area contributed by atoms with E-state index in [1.807, 2.05) is 18.2 Å². The molecule has 172 valence electrons. The van der Waals surface area contributed by atoms with Crippen LogP contribution in [0.3, 0.4) is 0 Å².